The molecule has 2 bridgehead atoms. The van der Waals surface area contributed by atoms with Gasteiger partial charge in [-0.25, -0.2) is 0 Å². The molecule has 0 aromatic carbocycles. The molecule has 3 saturated carbocycles. The van der Waals surface area contributed by atoms with Crippen LogP contribution in [0.25, 0.3) is 0 Å². The van der Waals surface area contributed by atoms with Crippen LogP contribution in [0.1, 0.15) is 66.7 Å². The zero-order chi connectivity index (χ0) is 17.9. The van der Waals surface area contributed by atoms with Gasteiger partial charge in [-0.05, 0) is 48.3 Å². The van der Waals surface area contributed by atoms with Gasteiger partial charge in [0.15, 0.2) is 0 Å². The van der Waals surface area contributed by atoms with Crippen molar-refractivity contribution >= 4 is 12.3 Å². The molecule has 3 aliphatic rings. The summed E-state index contributed by atoms with van der Waals surface area (Å²) in [6.45, 7) is 12.2. The average molecular weight is 623 g/mol. The predicted octanol–water partition coefficient (Wildman–Crippen LogP) is 3.71. The molecule has 7 atom stereocenters. The topological polar surface area (TPSA) is 63.6 Å². The Hall–Kier alpha value is 0.892. The SMILES string of the molecule is C[C@@H]1CC[C@@]23CCC(=O)[C@H]2[C@]1(C)[C@H](O[C-]=O)CC(C)(C)[C@@H](O)[C@@H]3C.[CH3-].[W].[Y]. The number of ketones is 1. The van der Waals surface area contributed by atoms with Crippen LogP contribution in [0.2, 0.25) is 0 Å². The number of carbonyl (C=O) groups is 1. The molecule has 1 radical (unpaired) electrons. The van der Waals surface area contributed by atoms with Crippen LogP contribution in [0, 0.1) is 41.4 Å². The third-order valence-corrected chi connectivity index (χ3v) is 8.24. The van der Waals surface area contributed by atoms with Crippen molar-refractivity contribution in [1.82, 2.24) is 0 Å². The van der Waals surface area contributed by atoms with E-state index in [2.05, 4.69) is 20.8 Å². The maximum atomic E-state index is 13.0. The first-order valence-corrected chi connectivity index (χ1v) is 9.35. The van der Waals surface area contributed by atoms with Gasteiger partial charge in [-0.2, -0.15) is 0 Å². The third kappa shape index (κ3) is 3.96. The van der Waals surface area contributed by atoms with Gasteiger partial charge in [-0.3, -0.25) is 4.79 Å². The van der Waals surface area contributed by atoms with E-state index in [1.165, 1.54) is 0 Å². The molecule has 0 heterocycles. The fourth-order valence-corrected chi connectivity index (χ4v) is 6.54. The second-order valence-corrected chi connectivity index (χ2v) is 9.55. The fraction of sp³-hybridized carbons (Fsp3) is 0.857. The zero-order valence-electron chi connectivity index (χ0n) is 17.6. The first-order chi connectivity index (χ1) is 11.1. The number of aliphatic hydroxyl groups is 1. The molecule has 0 amide bonds. The van der Waals surface area contributed by atoms with E-state index < -0.39 is 6.10 Å². The molecule has 6 heteroatoms. The summed E-state index contributed by atoms with van der Waals surface area (Å²) in [5, 5.41) is 11.1. The molecule has 3 rings (SSSR count). The van der Waals surface area contributed by atoms with Gasteiger partial charge in [0.1, 0.15) is 5.78 Å². The number of Topliss-reactive ketones (excluding diaryl/α,β-unsaturated/α-hetero) is 1. The van der Waals surface area contributed by atoms with Gasteiger partial charge in [0.2, 0.25) is 0 Å². The standard InChI is InChI=1S/C20H31O4.CH3.W.Y/c1-12-6-8-20-9-7-14(22)16(20)19(12,5)15(24-11-21)10-18(3,4)17(23)13(20)2;;;/h12-13,15-17,23H,6-10H2,1-5H3;1H3;;/q2*-1;;/t12-,13+,15-,16+,17+,19+,20+;;;/m1.../s1. The van der Waals surface area contributed by atoms with Crippen molar-refractivity contribution in [2.45, 2.75) is 78.9 Å². The molecule has 0 unspecified atom stereocenters. The summed E-state index contributed by atoms with van der Waals surface area (Å²) in [7, 11) is 0. The summed E-state index contributed by atoms with van der Waals surface area (Å²) in [5.74, 6) is 0.529. The number of ether oxygens (including phenoxy) is 1. The van der Waals surface area contributed by atoms with Crippen molar-refractivity contribution in [3.8, 4) is 0 Å². The first-order valence-electron chi connectivity index (χ1n) is 9.35. The number of carbonyl (C=O) groups excluding carboxylic acids is 2. The van der Waals surface area contributed by atoms with Crippen molar-refractivity contribution in [3.63, 3.8) is 0 Å². The van der Waals surface area contributed by atoms with Crippen LogP contribution >= 0.6 is 0 Å². The summed E-state index contributed by atoms with van der Waals surface area (Å²) >= 11 is 0. The molecule has 0 saturated heterocycles. The Morgan fingerprint density at radius 2 is 1.78 bits per heavy atom. The van der Waals surface area contributed by atoms with Crippen molar-refractivity contribution in [1.29, 1.82) is 0 Å². The molecular weight excluding hydrogens is 589 g/mol. The van der Waals surface area contributed by atoms with E-state index in [4.69, 9.17) is 4.74 Å². The number of rotatable bonds is 2. The summed E-state index contributed by atoms with van der Waals surface area (Å²) in [4.78, 5) is 24.1. The molecule has 0 aromatic rings. The Kier molecular flexibility index (Phi) is 9.67. The molecule has 27 heavy (non-hydrogen) atoms. The summed E-state index contributed by atoms with van der Waals surface area (Å²) in [5.41, 5.74) is -0.919. The van der Waals surface area contributed by atoms with Crippen molar-refractivity contribution < 1.29 is 73.2 Å². The van der Waals surface area contributed by atoms with Crippen LogP contribution in [-0.2, 0) is 68.1 Å². The monoisotopic (exact) mass is 623 g/mol. The first kappa shape index (κ1) is 27.9. The van der Waals surface area contributed by atoms with E-state index in [0.717, 1.165) is 19.3 Å². The van der Waals surface area contributed by atoms with Crippen LogP contribution in [0.15, 0.2) is 0 Å². The van der Waals surface area contributed by atoms with Gasteiger partial charge in [-0.15, -0.1) is 0 Å². The largest absolute Gasteiger partial charge is 0.650 e. The fourth-order valence-electron chi connectivity index (χ4n) is 6.54. The maximum absolute atomic E-state index is 13.0. The third-order valence-electron chi connectivity index (χ3n) is 8.24. The van der Waals surface area contributed by atoms with Gasteiger partial charge in [0.05, 0.1) is 12.2 Å². The van der Waals surface area contributed by atoms with Crippen LogP contribution < -0.4 is 0 Å². The van der Waals surface area contributed by atoms with Gasteiger partial charge in [0, 0.05) is 71.5 Å². The Morgan fingerprint density at radius 3 is 2.33 bits per heavy atom. The van der Waals surface area contributed by atoms with Gasteiger partial charge >= 0.3 is 0 Å². The number of hydrogen-bond acceptors (Lipinski definition) is 4. The molecule has 4 nitrogen and oxygen atoms in total. The molecule has 3 fully saturated rings. The maximum Gasteiger partial charge on any atom is 0.137 e. The molecule has 1 N–H and O–H groups in total. The van der Waals surface area contributed by atoms with Crippen LogP contribution in [0.3, 0.4) is 0 Å². The minimum atomic E-state index is -0.512. The molecule has 153 valence electrons. The van der Waals surface area contributed by atoms with E-state index in [0.29, 0.717) is 24.5 Å². The van der Waals surface area contributed by atoms with E-state index in [9.17, 15) is 14.7 Å². The molecular formula is C21H34O4WY-2. The van der Waals surface area contributed by atoms with Crippen molar-refractivity contribution in [2.24, 2.45) is 34.0 Å². The average Bonchev–Trinajstić information content (AvgIpc) is 2.87. The minimum absolute atomic E-state index is 0. The number of aliphatic hydroxyl groups excluding tert-OH is 1. The second kappa shape index (κ2) is 9.36. The van der Waals surface area contributed by atoms with Crippen molar-refractivity contribution in [3.05, 3.63) is 7.43 Å². The quantitative estimate of drug-likeness (QED) is 0.477. The van der Waals surface area contributed by atoms with E-state index >= 15 is 0 Å². The summed E-state index contributed by atoms with van der Waals surface area (Å²) < 4.78 is 5.48. The van der Waals surface area contributed by atoms with E-state index in [1.54, 1.807) is 6.47 Å². The normalized spacial score (nSPS) is 45.0. The van der Waals surface area contributed by atoms with Crippen LogP contribution in [0.5, 0.6) is 0 Å². The zero-order valence-corrected chi connectivity index (χ0v) is 23.4. The Balaban J connectivity index is 0.00000225. The Labute approximate surface area is 204 Å². The van der Waals surface area contributed by atoms with E-state index in [1.807, 2.05) is 13.8 Å². The Bertz CT molecular complexity index is 554. The second-order valence-electron chi connectivity index (χ2n) is 9.55. The van der Waals surface area contributed by atoms with E-state index in [-0.39, 0.29) is 95.4 Å². The number of hydrogen-bond donors (Lipinski definition) is 1. The van der Waals surface area contributed by atoms with Gasteiger partial charge in [-0.1, -0.05) is 41.1 Å². The smallest absolute Gasteiger partial charge is 0.137 e. The van der Waals surface area contributed by atoms with Crippen LogP contribution in [-0.4, -0.2) is 29.6 Å². The van der Waals surface area contributed by atoms with Crippen molar-refractivity contribution in [2.75, 3.05) is 0 Å². The minimum Gasteiger partial charge on any atom is -0.650 e. The Morgan fingerprint density at radius 1 is 1.19 bits per heavy atom. The summed E-state index contributed by atoms with van der Waals surface area (Å²) in [6, 6.07) is 0. The van der Waals surface area contributed by atoms with Gasteiger partial charge < -0.3 is 22.1 Å². The summed E-state index contributed by atoms with van der Waals surface area (Å²) in [6.07, 6.45) is 3.10. The van der Waals surface area contributed by atoms with Gasteiger partial charge in [0.25, 0.3) is 0 Å². The molecule has 0 spiro atoms. The molecule has 0 aliphatic heterocycles. The van der Waals surface area contributed by atoms with Crippen LogP contribution in [0.4, 0.5) is 0 Å². The molecule has 0 aromatic heterocycles. The molecule has 3 aliphatic carbocycles. The predicted molar refractivity (Wildman–Crippen MR) is 97.2 cm³/mol.